The predicted octanol–water partition coefficient (Wildman–Crippen LogP) is 2.88. The van der Waals surface area contributed by atoms with E-state index in [9.17, 15) is 13.2 Å². The third kappa shape index (κ3) is 4.90. The molecule has 0 aliphatic carbocycles. The van der Waals surface area contributed by atoms with Gasteiger partial charge in [0.1, 0.15) is 0 Å². The third-order valence-corrected chi connectivity index (χ3v) is 5.80. The Morgan fingerprint density at radius 1 is 1.08 bits per heavy atom. The average molecular weight is 360 g/mol. The van der Waals surface area contributed by atoms with Gasteiger partial charge >= 0.3 is 0 Å². The van der Waals surface area contributed by atoms with Crippen LogP contribution in [-0.2, 0) is 14.8 Å². The predicted molar refractivity (Wildman–Crippen MR) is 98.6 cm³/mol. The van der Waals surface area contributed by atoms with Crippen molar-refractivity contribution in [3.8, 4) is 0 Å². The summed E-state index contributed by atoms with van der Waals surface area (Å²) in [6.07, 6.45) is 0. The lowest BCUT2D eigenvalue weighted by atomic mass is 10.1. The lowest BCUT2D eigenvalue weighted by Crippen LogP contribution is -2.39. The minimum Gasteiger partial charge on any atom is -0.335 e. The lowest BCUT2D eigenvalue weighted by molar-refractivity contribution is -0.130. The molecule has 0 bridgehead atoms. The Balaban J connectivity index is 2.05. The highest BCUT2D eigenvalue weighted by molar-refractivity contribution is 7.89. The normalized spacial score (nSPS) is 12.6. The number of nitrogens with zero attached hydrogens (tertiary/aromatic N) is 1. The molecule has 0 saturated heterocycles. The molecule has 0 heterocycles. The fraction of sp³-hybridized carbons (Fsp3) is 0.316. The molecule has 5 nitrogen and oxygen atoms in total. The fourth-order valence-electron chi connectivity index (χ4n) is 2.77. The molecular weight excluding hydrogens is 336 g/mol. The second-order valence-electron chi connectivity index (χ2n) is 5.96. The number of benzene rings is 2. The first-order chi connectivity index (χ1) is 11.8. The van der Waals surface area contributed by atoms with Crippen molar-refractivity contribution in [2.45, 2.75) is 31.7 Å². The third-order valence-electron chi connectivity index (χ3n) is 4.18. The number of amides is 1. The summed E-state index contributed by atoms with van der Waals surface area (Å²) in [7, 11) is -3.59. The Labute approximate surface area is 149 Å². The van der Waals surface area contributed by atoms with Crippen molar-refractivity contribution < 1.29 is 13.2 Å². The van der Waals surface area contributed by atoms with Crippen molar-refractivity contribution in [1.29, 1.82) is 0 Å². The summed E-state index contributed by atoms with van der Waals surface area (Å²) in [6.45, 7) is 5.65. The molecule has 0 spiro atoms. The number of sulfonamides is 1. The highest BCUT2D eigenvalue weighted by atomic mass is 32.2. The van der Waals surface area contributed by atoms with Gasteiger partial charge in [0.25, 0.3) is 0 Å². The van der Waals surface area contributed by atoms with E-state index in [1.54, 1.807) is 36.1 Å². The van der Waals surface area contributed by atoms with Crippen molar-refractivity contribution in [1.82, 2.24) is 9.62 Å². The minimum atomic E-state index is -3.59. The number of rotatable bonds is 7. The maximum atomic E-state index is 12.4. The SMILES string of the molecule is CC(=O)N(CCNS(=O)(=O)c1ccccc1C)C(C)c1ccccc1. The summed E-state index contributed by atoms with van der Waals surface area (Å²) in [5.74, 6) is -0.0913. The van der Waals surface area contributed by atoms with Crippen molar-refractivity contribution in [2.75, 3.05) is 13.1 Å². The zero-order chi connectivity index (χ0) is 18.4. The topological polar surface area (TPSA) is 66.5 Å². The number of carbonyl (C=O) groups is 1. The average Bonchev–Trinajstić information content (AvgIpc) is 2.59. The van der Waals surface area contributed by atoms with Gasteiger partial charge in [-0.2, -0.15) is 0 Å². The zero-order valence-corrected chi connectivity index (χ0v) is 15.6. The molecule has 2 rings (SSSR count). The van der Waals surface area contributed by atoms with Crippen LogP contribution in [0.15, 0.2) is 59.5 Å². The molecule has 134 valence electrons. The summed E-state index contributed by atoms with van der Waals surface area (Å²) in [5.41, 5.74) is 1.70. The molecule has 0 aromatic heterocycles. The Hall–Kier alpha value is -2.18. The van der Waals surface area contributed by atoms with Crippen LogP contribution in [0.5, 0.6) is 0 Å². The van der Waals surface area contributed by atoms with Crippen LogP contribution >= 0.6 is 0 Å². The van der Waals surface area contributed by atoms with E-state index >= 15 is 0 Å². The van der Waals surface area contributed by atoms with Gasteiger partial charge in [-0.3, -0.25) is 4.79 Å². The van der Waals surface area contributed by atoms with E-state index in [4.69, 9.17) is 0 Å². The van der Waals surface area contributed by atoms with Gasteiger partial charge in [-0.25, -0.2) is 13.1 Å². The van der Waals surface area contributed by atoms with Crippen LogP contribution in [0.2, 0.25) is 0 Å². The zero-order valence-electron chi connectivity index (χ0n) is 14.8. The molecule has 0 saturated carbocycles. The molecule has 0 aliphatic rings. The van der Waals surface area contributed by atoms with Crippen molar-refractivity contribution in [3.05, 3.63) is 65.7 Å². The largest absolute Gasteiger partial charge is 0.335 e. The van der Waals surface area contributed by atoms with E-state index in [0.717, 1.165) is 5.56 Å². The van der Waals surface area contributed by atoms with Crippen molar-refractivity contribution in [2.24, 2.45) is 0 Å². The smallest absolute Gasteiger partial charge is 0.240 e. The molecule has 2 aromatic carbocycles. The highest BCUT2D eigenvalue weighted by Gasteiger charge is 2.20. The van der Waals surface area contributed by atoms with E-state index in [1.165, 1.54) is 6.92 Å². The van der Waals surface area contributed by atoms with Crippen LogP contribution < -0.4 is 4.72 Å². The molecule has 25 heavy (non-hydrogen) atoms. The monoisotopic (exact) mass is 360 g/mol. The molecule has 0 fully saturated rings. The Kier molecular flexibility index (Phi) is 6.33. The summed E-state index contributed by atoms with van der Waals surface area (Å²) < 4.78 is 27.4. The number of hydrogen-bond acceptors (Lipinski definition) is 3. The van der Waals surface area contributed by atoms with Gasteiger partial charge in [0.2, 0.25) is 15.9 Å². The summed E-state index contributed by atoms with van der Waals surface area (Å²) in [4.78, 5) is 13.9. The summed E-state index contributed by atoms with van der Waals surface area (Å²) in [6, 6.07) is 16.4. The van der Waals surface area contributed by atoms with Crippen LogP contribution in [0.1, 0.15) is 31.0 Å². The van der Waals surface area contributed by atoms with Gasteiger partial charge in [0.15, 0.2) is 0 Å². The first-order valence-electron chi connectivity index (χ1n) is 8.20. The maximum absolute atomic E-state index is 12.4. The molecule has 0 aliphatic heterocycles. The number of aryl methyl sites for hydroxylation is 1. The molecular formula is C19H24N2O3S. The van der Waals surface area contributed by atoms with Gasteiger partial charge < -0.3 is 4.90 Å². The molecule has 1 unspecified atom stereocenters. The van der Waals surface area contributed by atoms with E-state index in [0.29, 0.717) is 12.1 Å². The lowest BCUT2D eigenvalue weighted by Gasteiger charge is -2.28. The summed E-state index contributed by atoms with van der Waals surface area (Å²) in [5, 5.41) is 0. The van der Waals surface area contributed by atoms with Gasteiger partial charge in [0, 0.05) is 20.0 Å². The van der Waals surface area contributed by atoms with E-state index in [-0.39, 0.29) is 23.4 Å². The van der Waals surface area contributed by atoms with Crippen LogP contribution in [0.25, 0.3) is 0 Å². The van der Waals surface area contributed by atoms with E-state index < -0.39 is 10.0 Å². The van der Waals surface area contributed by atoms with E-state index in [1.807, 2.05) is 37.3 Å². The van der Waals surface area contributed by atoms with E-state index in [2.05, 4.69) is 4.72 Å². The number of nitrogens with one attached hydrogen (secondary N) is 1. The molecule has 0 radical (unpaired) electrons. The number of carbonyl (C=O) groups excluding carboxylic acids is 1. The Morgan fingerprint density at radius 3 is 2.28 bits per heavy atom. The van der Waals surface area contributed by atoms with Gasteiger partial charge in [0.05, 0.1) is 10.9 Å². The second-order valence-corrected chi connectivity index (χ2v) is 7.70. The molecule has 1 N–H and O–H groups in total. The summed E-state index contributed by atoms with van der Waals surface area (Å²) >= 11 is 0. The molecule has 1 amide bonds. The van der Waals surface area contributed by atoms with Crippen LogP contribution in [0, 0.1) is 6.92 Å². The fourth-order valence-corrected chi connectivity index (χ4v) is 4.04. The Bertz CT molecular complexity index is 820. The quantitative estimate of drug-likeness (QED) is 0.826. The van der Waals surface area contributed by atoms with Gasteiger partial charge in [-0.1, -0.05) is 48.5 Å². The van der Waals surface area contributed by atoms with Crippen molar-refractivity contribution in [3.63, 3.8) is 0 Å². The molecule has 6 heteroatoms. The minimum absolute atomic E-state index is 0.0913. The standard InChI is InChI=1S/C19H24N2O3S/c1-15-9-7-8-12-19(15)25(23,24)20-13-14-21(17(3)22)16(2)18-10-5-4-6-11-18/h4-12,16,20H,13-14H2,1-3H3. The highest BCUT2D eigenvalue weighted by Crippen LogP contribution is 2.20. The van der Waals surface area contributed by atoms with Gasteiger partial charge in [-0.15, -0.1) is 0 Å². The first kappa shape index (κ1) is 19.1. The first-order valence-corrected chi connectivity index (χ1v) is 9.68. The Morgan fingerprint density at radius 2 is 1.68 bits per heavy atom. The van der Waals surface area contributed by atoms with Crippen LogP contribution in [0.4, 0.5) is 0 Å². The molecule has 1 atom stereocenters. The molecule has 2 aromatic rings. The van der Waals surface area contributed by atoms with Crippen LogP contribution in [-0.4, -0.2) is 32.3 Å². The van der Waals surface area contributed by atoms with Crippen LogP contribution in [0.3, 0.4) is 0 Å². The van der Waals surface area contributed by atoms with Gasteiger partial charge in [-0.05, 0) is 31.0 Å². The number of hydrogen-bond donors (Lipinski definition) is 1. The maximum Gasteiger partial charge on any atom is 0.240 e. The second kappa shape index (κ2) is 8.27. The van der Waals surface area contributed by atoms with Crippen molar-refractivity contribution >= 4 is 15.9 Å².